The molecule has 0 rings (SSSR count). The summed E-state index contributed by atoms with van der Waals surface area (Å²) in [7, 11) is 0. The highest BCUT2D eigenvalue weighted by Crippen LogP contribution is 2.03. The van der Waals surface area contributed by atoms with Crippen LogP contribution < -0.4 is 0 Å². The molecule has 0 radical (unpaired) electrons. The van der Waals surface area contributed by atoms with Gasteiger partial charge in [0.2, 0.25) is 0 Å². The molecule has 0 aliphatic carbocycles. The molecule has 0 aromatic heterocycles. The van der Waals surface area contributed by atoms with Crippen molar-refractivity contribution in [3.8, 4) is 0 Å². The third-order valence-corrected chi connectivity index (χ3v) is 6.20. The molecule has 0 saturated carbocycles. The summed E-state index contributed by atoms with van der Waals surface area (Å²) in [5.74, 6) is -0.410. The van der Waals surface area contributed by atoms with Gasteiger partial charge < -0.3 is 61.6 Å². The molecule has 0 aliphatic heterocycles. The van der Waals surface area contributed by atoms with E-state index in [4.69, 9.17) is 61.6 Å². The minimum absolute atomic E-state index is 0.156. The molecule has 0 spiro atoms. The van der Waals surface area contributed by atoms with Gasteiger partial charge in [0.1, 0.15) is 6.61 Å². The predicted molar refractivity (Wildman–Crippen MR) is 180 cm³/mol. The molecule has 0 saturated heterocycles. The van der Waals surface area contributed by atoms with Crippen LogP contribution in [0.5, 0.6) is 0 Å². The molecule has 0 aromatic rings. The van der Waals surface area contributed by atoms with Crippen LogP contribution in [0.3, 0.4) is 0 Å². The summed E-state index contributed by atoms with van der Waals surface area (Å²) in [6, 6.07) is 0. The first-order chi connectivity index (χ1) is 24.2. The Morgan fingerprint density at radius 3 is 0.898 bits per heavy atom. The number of rotatable bonds is 42. The summed E-state index contributed by atoms with van der Waals surface area (Å²) in [5.41, 5.74) is 0. The van der Waals surface area contributed by atoms with Gasteiger partial charge in [-0.3, -0.25) is 9.59 Å². The van der Waals surface area contributed by atoms with Crippen LogP contribution in [0.4, 0.5) is 0 Å². The summed E-state index contributed by atoms with van der Waals surface area (Å²) < 4.78 is 69.7. The van der Waals surface area contributed by atoms with Crippen LogP contribution in [-0.2, 0) is 71.2 Å². The Labute approximate surface area is 294 Å². The number of carbonyl (C=O) groups is 2. The molecular formula is C34H66O15. The van der Waals surface area contributed by atoms with E-state index < -0.39 is 0 Å². The van der Waals surface area contributed by atoms with E-state index in [1.807, 2.05) is 0 Å². The van der Waals surface area contributed by atoms with E-state index in [0.717, 1.165) is 25.7 Å². The normalized spacial score (nSPS) is 11.3. The number of carbonyl (C=O) groups excluding carboxylic acids is 2. The summed E-state index contributed by atoms with van der Waals surface area (Å²) in [6.45, 7) is 14.8. The SMILES string of the molecule is CCCCCCC(=O)OCCOCCOCCOCCOCCOCCOCCOCCOCCOCCOCCOCCC(=O)OCC. The summed E-state index contributed by atoms with van der Waals surface area (Å²) >= 11 is 0. The Bertz CT molecular complexity index is 671. The van der Waals surface area contributed by atoms with Gasteiger partial charge in [-0.2, -0.15) is 0 Å². The second-order valence-electron chi connectivity index (χ2n) is 10.3. The fraction of sp³-hybridized carbons (Fsp3) is 0.941. The van der Waals surface area contributed by atoms with Gasteiger partial charge in [-0.05, 0) is 13.3 Å². The highest BCUT2D eigenvalue weighted by Gasteiger charge is 2.03. The Morgan fingerprint density at radius 1 is 0.306 bits per heavy atom. The Hall–Kier alpha value is -1.50. The first-order valence-corrected chi connectivity index (χ1v) is 17.9. The molecule has 0 N–H and O–H groups in total. The van der Waals surface area contributed by atoms with E-state index in [9.17, 15) is 9.59 Å². The molecular weight excluding hydrogens is 648 g/mol. The first kappa shape index (κ1) is 47.5. The molecule has 0 aliphatic rings. The number of esters is 2. The largest absolute Gasteiger partial charge is 0.466 e. The minimum atomic E-state index is -0.254. The van der Waals surface area contributed by atoms with Gasteiger partial charge >= 0.3 is 11.9 Å². The van der Waals surface area contributed by atoms with Crippen LogP contribution in [0.1, 0.15) is 52.4 Å². The number of ether oxygens (including phenoxy) is 13. The highest BCUT2D eigenvalue weighted by atomic mass is 16.6. The molecule has 49 heavy (non-hydrogen) atoms. The van der Waals surface area contributed by atoms with Gasteiger partial charge in [-0.15, -0.1) is 0 Å². The van der Waals surface area contributed by atoms with Gasteiger partial charge in [0.05, 0.1) is 158 Å². The average Bonchev–Trinajstić information content (AvgIpc) is 3.10. The van der Waals surface area contributed by atoms with Gasteiger partial charge in [0, 0.05) is 6.42 Å². The van der Waals surface area contributed by atoms with Crippen molar-refractivity contribution in [2.24, 2.45) is 0 Å². The van der Waals surface area contributed by atoms with E-state index >= 15 is 0 Å². The fourth-order valence-electron chi connectivity index (χ4n) is 3.67. The smallest absolute Gasteiger partial charge is 0.308 e. The first-order valence-electron chi connectivity index (χ1n) is 17.9. The van der Waals surface area contributed by atoms with Crippen molar-refractivity contribution in [1.29, 1.82) is 0 Å². The van der Waals surface area contributed by atoms with E-state index in [1.165, 1.54) is 0 Å². The Kier molecular flexibility index (Phi) is 41.4. The summed E-state index contributed by atoms with van der Waals surface area (Å²) in [4.78, 5) is 22.7. The van der Waals surface area contributed by atoms with Crippen LogP contribution >= 0.6 is 0 Å². The van der Waals surface area contributed by atoms with Crippen molar-refractivity contribution in [2.45, 2.75) is 52.4 Å². The standard InChI is InChI=1S/C34H66O15/c1-3-5-6-7-8-33(35)49-32-31-47-30-29-46-28-27-45-26-25-44-24-23-43-22-21-42-20-19-41-18-17-40-16-15-39-14-13-38-12-11-37-10-9-34(36)48-4-2/h3-32H2,1-2H3. The Morgan fingerprint density at radius 2 is 0.592 bits per heavy atom. The van der Waals surface area contributed by atoms with Crippen LogP contribution in [-0.4, -0.2) is 171 Å². The van der Waals surface area contributed by atoms with Crippen molar-refractivity contribution >= 4 is 11.9 Å². The number of hydrogen-bond donors (Lipinski definition) is 0. The monoisotopic (exact) mass is 714 g/mol. The van der Waals surface area contributed by atoms with Crippen LogP contribution in [0, 0.1) is 0 Å². The zero-order valence-corrected chi connectivity index (χ0v) is 30.3. The number of unbranched alkanes of at least 4 members (excludes halogenated alkanes) is 3. The maximum absolute atomic E-state index is 11.5. The van der Waals surface area contributed by atoms with Crippen molar-refractivity contribution in [3.05, 3.63) is 0 Å². The minimum Gasteiger partial charge on any atom is -0.466 e. The molecule has 0 bridgehead atoms. The van der Waals surface area contributed by atoms with E-state index in [2.05, 4.69) is 6.92 Å². The van der Waals surface area contributed by atoms with Gasteiger partial charge in [-0.1, -0.05) is 26.2 Å². The topological polar surface area (TPSA) is 154 Å². The lowest BCUT2D eigenvalue weighted by atomic mass is 10.2. The van der Waals surface area contributed by atoms with Crippen molar-refractivity contribution < 1.29 is 71.2 Å². The zero-order valence-electron chi connectivity index (χ0n) is 30.3. The second-order valence-corrected chi connectivity index (χ2v) is 10.3. The van der Waals surface area contributed by atoms with Crippen LogP contribution in [0.15, 0.2) is 0 Å². The van der Waals surface area contributed by atoms with Gasteiger partial charge in [0.15, 0.2) is 0 Å². The molecule has 0 amide bonds. The summed E-state index contributed by atoms with van der Waals surface area (Å²) in [6.07, 6.45) is 5.00. The zero-order chi connectivity index (χ0) is 35.6. The molecule has 0 atom stereocenters. The lowest BCUT2D eigenvalue weighted by Crippen LogP contribution is -2.15. The Balaban J connectivity index is 3.10. The fourth-order valence-corrected chi connectivity index (χ4v) is 3.67. The van der Waals surface area contributed by atoms with Crippen LogP contribution in [0.25, 0.3) is 0 Å². The van der Waals surface area contributed by atoms with Crippen molar-refractivity contribution in [1.82, 2.24) is 0 Å². The molecule has 0 aromatic carbocycles. The lowest BCUT2D eigenvalue weighted by Gasteiger charge is -2.09. The second kappa shape index (κ2) is 42.7. The third-order valence-electron chi connectivity index (χ3n) is 6.20. The molecule has 292 valence electrons. The van der Waals surface area contributed by atoms with Crippen molar-refractivity contribution in [2.75, 3.05) is 159 Å². The maximum Gasteiger partial charge on any atom is 0.308 e. The number of hydrogen-bond acceptors (Lipinski definition) is 15. The van der Waals surface area contributed by atoms with Crippen molar-refractivity contribution in [3.63, 3.8) is 0 Å². The maximum atomic E-state index is 11.5. The van der Waals surface area contributed by atoms with E-state index in [-0.39, 0.29) is 25.0 Å². The predicted octanol–water partition coefficient (Wildman–Crippen LogP) is 2.64. The van der Waals surface area contributed by atoms with E-state index in [0.29, 0.717) is 158 Å². The molecule has 15 heteroatoms. The average molecular weight is 715 g/mol. The molecule has 0 fully saturated rings. The van der Waals surface area contributed by atoms with Crippen LogP contribution in [0.2, 0.25) is 0 Å². The lowest BCUT2D eigenvalue weighted by molar-refractivity contribution is -0.146. The van der Waals surface area contributed by atoms with Gasteiger partial charge in [0.25, 0.3) is 0 Å². The molecule has 0 unspecified atom stereocenters. The third kappa shape index (κ3) is 42.6. The quantitative estimate of drug-likeness (QED) is 0.0672. The van der Waals surface area contributed by atoms with E-state index in [1.54, 1.807) is 6.92 Å². The summed E-state index contributed by atoms with van der Waals surface area (Å²) in [5, 5.41) is 0. The van der Waals surface area contributed by atoms with Gasteiger partial charge in [-0.25, -0.2) is 0 Å². The highest BCUT2D eigenvalue weighted by molar-refractivity contribution is 5.69. The molecule has 15 nitrogen and oxygen atoms in total. The molecule has 0 heterocycles.